The van der Waals surface area contributed by atoms with Crippen LogP contribution in [0.15, 0.2) is 42.5 Å². The van der Waals surface area contributed by atoms with Crippen LogP contribution in [-0.2, 0) is 6.42 Å². The molecular formula is C20H16F4N6O. The number of nitrogens with two attached hydrogens (primary N) is 1. The number of hydrogen-bond donors (Lipinski definition) is 2. The Kier molecular flexibility index (Phi) is 5.32. The van der Waals surface area contributed by atoms with E-state index < -0.39 is 24.1 Å². The highest BCUT2D eigenvalue weighted by Crippen LogP contribution is 2.27. The van der Waals surface area contributed by atoms with Crippen molar-refractivity contribution in [1.82, 2.24) is 19.5 Å². The summed E-state index contributed by atoms with van der Waals surface area (Å²) < 4.78 is 58.6. The Morgan fingerprint density at radius 2 is 1.81 bits per heavy atom. The Labute approximate surface area is 173 Å². The van der Waals surface area contributed by atoms with Crippen molar-refractivity contribution in [3.8, 4) is 11.7 Å². The van der Waals surface area contributed by atoms with Gasteiger partial charge in [-0.2, -0.15) is 23.1 Å². The average Bonchev–Trinajstić information content (AvgIpc) is 3.10. The van der Waals surface area contributed by atoms with E-state index in [2.05, 4.69) is 25.0 Å². The minimum absolute atomic E-state index is 0.0463. The van der Waals surface area contributed by atoms with E-state index in [-0.39, 0.29) is 17.5 Å². The van der Waals surface area contributed by atoms with Gasteiger partial charge in [0, 0.05) is 18.2 Å². The molecule has 2 aromatic carbocycles. The largest absolute Gasteiger partial charge is 0.435 e. The van der Waals surface area contributed by atoms with Gasteiger partial charge in [-0.15, -0.1) is 0 Å². The van der Waals surface area contributed by atoms with Gasteiger partial charge in [0.1, 0.15) is 17.4 Å². The third-order valence-corrected chi connectivity index (χ3v) is 4.41. The number of benzene rings is 2. The van der Waals surface area contributed by atoms with Crippen molar-refractivity contribution >= 4 is 28.4 Å². The topological polar surface area (TPSA) is 90.9 Å². The number of nitrogens with zero attached hydrogens (tertiary/aromatic N) is 4. The third kappa shape index (κ3) is 4.06. The molecule has 0 bridgehead atoms. The number of hydrogen-bond acceptors (Lipinski definition) is 6. The summed E-state index contributed by atoms with van der Waals surface area (Å²) in [5.41, 5.74) is 7.04. The monoisotopic (exact) mass is 432 g/mol. The lowest BCUT2D eigenvalue weighted by Crippen LogP contribution is -2.11. The predicted molar refractivity (Wildman–Crippen MR) is 107 cm³/mol. The van der Waals surface area contributed by atoms with Gasteiger partial charge in [0.25, 0.3) is 0 Å². The molecule has 2 aromatic heterocycles. The van der Waals surface area contributed by atoms with Gasteiger partial charge in [0.2, 0.25) is 11.8 Å². The number of rotatable bonds is 6. The van der Waals surface area contributed by atoms with Crippen LogP contribution >= 0.6 is 0 Å². The van der Waals surface area contributed by atoms with Crippen LogP contribution in [0.25, 0.3) is 17.0 Å². The lowest BCUT2D eigenvalue weighted by atomic mass is 10.3. The highest BCUT2D eigenvalue weighted by atomic mass is 19.3. The van der Waals surface area contributed by atoms with E-state index in [0.717, 1.165) is 0 Å². The molecule has 4 aromatic rings. The summed E-state index contributed by atoms with van der Waals surface area (Å²) >= 11 is 0. The Morgan fingerprint density at radius 3 is 2.48 bits per heavy atom. The number of anilines is 3. The second-order valence-electron chi connectivity index (χ2n) is 6.45. The fourth-order valence-electron chi connectivity index (χ4n) is 3.06. The molecule has 4 rings (SSSR count). The molecule has 0 amide bonds. The smallest absolute Gasteiger partial charge is 0.387 e. The normalized spacial score (nSPS) is 11.3. The van der Waals surface area contributed by atoms with Crippen molar-refractivity contribution in [2.75, 3.05) is 11.1 Å². The number of ether oxygens (including phenoxy) is 1. The van der Waals surface area contributed by atoms with Crippen LogP contribution in [0.3, 0.4) is 0 Å². The number of alkyl halides is 2. The van der Waals surface area contributed by atoms with Gasteiger partial charge in [0.05, 0.1) is 11.0 Å². The molecule has 31 heavy (non-hydrogen) atoms. The van der Waals surface area contributed by atoms with Crippen LogP contribution < -0.4 is 15.8 Å². The molecule has 0 aliphatic heterocycles. The number of fused-ring (bicyclic) bond motifs is 1. The fraction of sp³-hybridized carbons (Fsp3) is 0.150. The minimum Gasteiger partial charge on any atom is -0.435 e. The van der Waals surface area contributed by atoms with Crippen LogP contribution in [0.2, 0.25) is 0 Å². The number of aryl methyl sites for hydroxylation is 1. The van der Waals surface area contributed by atoms with Gasteiger partial charge in [0.15, 0.2) is 11.6 Å². The SMILES string of the molecule is CCc1nc2cc(F)ccc2n1-c1nc(N)c(F)c(Nc2ccc(OC(F)F)cc2)n1. The molecule has 0 saturated carbocycles. The highest BCUT2D eigenvalue weighted by Gasteiger charge is 2.19. The summed E-state index contributed by atoms with van der Waals surface area (Å²) in [6.07, 6.45) is 0.477. The maximum Gasteiger partial charge on any atom is 0.387 e. The lowest BCUT2D eigenvalue weighted by Gasteiger charge is -2.12. The van der Waals surface area contributed by atoms with E-state index in [1.165, 1.54) is 42.5 Å². The van der Waals surface area contributed by atoms with Crippen LogP contribution in [0.1, 0.15) is 12.7 Å². The predicted octanol–water partition coefficient (Wildman–Crippen LogP) is 4.58. The maximum absolute atomic E-state index is 14.6. The minimum atomic E-state index is -2.95. The van der Waals surface area contributed by atoms with Crippen molar-refractivity contribution in [1.29, 1.82) is 0 Å². The Balaban J connectivity index is 1.75. The molecule has 0 fully saturated rings. The zero-order valence-electron chi connectivity index (χ0n) is 16.1. The molecule has 11 heteroatoms. The van der Waals surface area contributed by atoms with Gasteiger partial charge >= 0.3 is 6.61 Å². The first kappa shape index (κ1) is 20.4. The van der Waals surface area contributed by atoms with E-state index in [4.69, 9.17) is 5.73 Å². The molecule has 0 saturated heterocycles. The first-order valence-corrected chi connectivity index (χ1v) is 9.18. The Hall–Kier alpha value is -3.89. The van der Waals surface area contributed by atoms with Crippen molar-refractivity contribution in [2.24, 2.45) is 0 Å². The maximum atomic E-state index is 14.6. The van der Waals surface area contributed by atoms with E-state index in [9.17, 15) is 17.6 Å². The fourth-order valence-corrected chi connectivity index (χ4v) is 3.06. The van der Waals surface area contributed by atoms with Gasteiger partial charge < -0.3 is 15.8 Å². The van der Waals surface area contributed by atoms with Crippen molar-refractivity contribution in [3.63, 3.8) is 0 Å². The molecule has 0 atom stereocenters. The molecule has 160 valence electrons. The van der Waals surface area contributed by atoms with Crippen LogP contribution in [-0.4, -0.2) is 26.1 Å². The second-order valence-corrected chi connectivity index (χ2v) is 6.45. The zero-order valence-corrected chi connectivity index (χ0v) is 16.1. The number of halogens is 4. The summed E-state index contributed by atoms with van der Waals surface area (Å²) in [6.45, 7) is -1.10. The van der Waals surface area contributed by atoms with Crippen LogP contribution in [0, 0.1) is 11.6 Å². The lowest BCUT2D eigenvalue weighted by molar-refractivity contribution is -0.0498. The van der Waals surface area contributed by atoms with Crippen molar-refractivity contribution in [2.45, 2.75) is 20.0 Å². The Bertz CT molecular complexity index is 1240. The second kappa shape index (κ2) is 8.09. The van der Waals surface area contributed by atoms with Gasteiger partial charge in [-0.25, -0.2) is 9.37 Å². The number of nitrogens with one attached hydrogen (secondary N) is 1. The summed E-state index contributed by atoms with van der Waals surface area (Å²) in [5, 5.41) is 2.75. The molecule has 0 radical (unpaired) electrons. The van der Waals surface area contributed by atoms with Crippen molar-refractivity contribution < 1.29 is 22.3 Å². The molecule has 7 nitrogen and oxygen atoms in total. The van der Waals surface area contributed by atoms with Crippen LogP contribution in [0.4, 0.5) is 34.9 Å². The number of aromatic nitrogens is 4. The summed E-state index contributed by atoms with van der Waals surface area (Å²) in [5.74, 6) is -1.43. The first-order valence-electron chi connectivity index (χ1n) is 9.18. The summed E-state index contributed by atoms with van der Waals surface area (Å²) in [4.78, 5) is 12.6. The molecule has 0 aliphatic rings. The molecule has 0 spiro atoms. The van der Waals surface area contributed by atoms with E-state index in [0.29, 0.717) is 29.0 Å². The summed E-state index contributed by atoms with van der Waals surface area (Å²) in [6, 6.07) is 9.50. The molecule has 3 N–H and O–H groups in total. The number of nitrogen functional groups attached to an aromatic ring is 1. The zero-order chi connectivity index (χ0) is 22.1. The molecular weight excluding hydrogens is 416 g/mol. The van der Waals surface area contributed by atoms with Crippen molar-refractivity contribution in [3.05, 3.63) is 59.9 Å². The van der Waals surface area contributed by atoms with E-state index in [1.54, 1.807) is 4.57 Å². The molecule has 2 heterocycles. The first-order chi connectivity index (χ1) is 14.9. The van der Waals surface area contributed by atoms with E-state index >= 15 is 0 Å². The molecule has 0 aliphatic carbocycles. The standard InChI is InChI=1S/C20H16F4N6O/c1-2-15-27-13-9-10(21)3-8-14(13)30(15)20-28-17(25)16(22)18(29-20)26-11-4-6-12(7-5-11)31-19(23)24/h3-9,19H,2H2,1H3,(H3,25,26,28,29). The average molecular weight is 432 g/mol. The van der Waals surface area contributed by atoms with E-state index in [1.807, 2.05) is 6.92 Å². The summed E-state index contributed by atoms with van der Waals surface area (Å²) in [7, 11) is 0. The highest BCUT2D eigenvalue weighted by molar-refractivity contribution is 5.78. The molecule has 0 unspecified atom stereocenters. The van der Waals surface area contributed by atoms with Gasteiger partial charge in [-0.05, 0) is 36.4 Å². The quantitative estimate of drug-likeness (QED) is 0.434. The third-order valence-electron chi connectivity index (χ3n) is 4.41. The van der Waals surface area contributed by atoms with Gasteiger partial charge in [-0.3, -0.25) is 4.57 Å². The van der Waals surface area contributed by atoms with Crippen LogP contribution in [0.5, 0.6) is 5.75 Å². The van der Waals surface area contributed by atoms with Gasteiger partial charge in [-0.1, -0.05) is 6.92 Å². The number of imidazole rings is 1. The Morgan fingerprint density at radius 1 is 1.06 bits per heavy atom.